The third-order valence-electron chi connectivity index (χ3n) is 3.84. The van der Waals surface area contributed by atoms with Crippen LogP contribution in [-0.4, -0.2) is 54.1 Å². The van der Waals surface area contributed by atoms with Crippen LogP contribution in [0.5, 0.6) is 0 Å². The fourth-order valence-electron chi connectivity index (χ4n) is 2.07. The van der Waals surface area contributed by atoms with E-state index in [2.05, 4.69) is 5.32 Å². The Morgan fingerprint density at radius 2 is 2.16 bits per heavy atom. The zero-order valence-electron chi connectivity index (χ0n) is 11.6. The molecule has 2 aliphatic rings. The molecule has 0 radical (unpaired) electrons. The van der Waals surface area contributed by atoms with Crippen molar-refractivity contribution in [3.8, 4) is 0 Å². The molecular weight excluding hydrogens is 246 g/mol. The van der Waals surface area contributed by atoms with Gasteiger partial charge in [0.25, 0.3) is 0 Å². The lowest BCUT2D eigenvalue weighted by Crippen LogP contribution is -2.62. The SMILES string of the molecule is CCC(C)(N)C(=O)N1CCOCC1C(=O)NC1CC1. The summed E-state index contributed by atoms with van der Waals surface area (Å²) in [4.78, 5) is 26.2. The summed E-state index contributed by atoms with van der Waals surface area (Å²) >= 11 is 0. The lowest BCUT2D eigenvalue weighted by molar-refractivity contribution is -0.152. The van der Waals surface area contributed by atoms with Gasteiger partial charge in [0, 0.05) is 12.6 Å². The van der Waals surface area contributed by atoms with E-state index in [9.17, 15) is 9.59 Å². The van der Waals surface area contributed by atoms with Crippen molar-refractivity contribution in [1.29, 1.82) is 0 Å². The second kappa shape index (κ2) is 5.46. The van der Waals surface area contributed by atoms with Crippen molar-refractivity contribution in [3.05, 3.63) is 0 Å². The Morgan fingerprint density at radius 3 is 2.74 bits per heavy atom. The van der Waals surface area contributed by atoms with E-state index in [0.29, 0.717) is 19.6 Å². The highest BCUT2D eigenvalue weighted by Crippen LogP contribution is 2.21. The minimum absolute atomic E-state index is 0.123. The van der Waals surface area contributed by atoms with Gasteiger partial charge in [-0.3, -0.25) is 9.59 Å². The number of amides is 2. The molecule has 1 aliphatic heterocycles. The number of carbonyl (C=O) groups excluding carboxylic acids is 2. The summed E-state index contributed by atoms with van der Waals surface area (Å²) in [5, 5.41) is 2.92. The molecule has 2 amide bonds. The van der Waals surface area contributed by atoms with Gasteiger partial charge in [0.15, 0.2) is 0 Å². The van der Waals surface area contributed by atoms with Crippen LogP contribution in [0.1, 0.15) is 33.1 Å². The van der Waals surface area contributed by atoms with Crippen molar-refractivity contribution in [3.63, 3.8) is 0 Å². The van der Waals surface area contributed by atoms with Crippen LogP contribution >= 0.6 is 0 Å². The van der Waals surface area contributed by atoms with Crippen molar-refractivity contribution >= 4 is 11.8 Å². The highest BCUT2D eigenvalue weighted by atomic mass is 16.5. The Hall–Kier alpha value is -1.14. The van der Waals surface area contributed by atoms with E-state index in [1.807, 2.05) is 6.92 Å². The number of hydrogen-bond acceptors (Lipinski definition) is 4. The Bertz CT molecular complexity index is 366. The Balaban J connectivity index is 2.06. The molecule has 0 bridgehead atoms. The van der Waals surface area contributed by atoms with Crippen LogP contribution < -0.4 is 11.1 Å². The maximum Gasteiger partial charge on any atom is 0.245 e. The lowest BCUT2D eigenvalue weighted by atomic mass is 9.97. The van der Waals surface area contributed by atoms with Crippen LogP contribution in [0.25, 0.3) is 0 Å². The van der Waals surface area contributed by atoms with Crippen LogP contribution in [0.2, 0.25) is 0 Å². The minimum Gasteiger partial charge on any atom is -0.377 e. The zero-order chi connectivity index (χ0) is 14.0. The van der Waals surface area contributed by atoms with Crippen LogP contribution in [0.4, 0.5) is 0 Å². The number of ether oxygens (including phenoxy) is 1. The van der Waals surface area contributed by atoms with Gasteiger partial charge >= 0.3 is 0 Å². The summed E-state index contributed by atoms with van der Waals surface area (Å²) in [6, 6.07) is -0.266. The van der Waals surface area contributed by atoms with Gasteiger partial charge in [0.1, 0.15) is 6.04 Å². The number of hydrogen-bond donors (Lipinski definition) is 2. The third-order valence-corrected chi connectivity index (χ3v) is 3.84. The molecule has 2 unspecified atom stereocenters. The molecule has 0 aromatic heterocycles. The van der Waals surface area contributed by atoms with Crippen LogP contribution in [0.3, 0.4) is 0 Å². The fraction of sp³-hybridized carbons (Fsp3) is 0.846. The predicted octanol–water partition coefficient (Wildman–Crippen LogP) is -0.380. The molecule has 1 aliphatic carbocycles. The molecule has 19 heavy (non-hydrogen) atoms. The van der Waals surface area contributed by atoms with E-state index in [1.54, 1.807) is 11.8 Å². The smallest absolute Gasteiger partial charge is 0.245 e. The molecule has 0 aromatic rings. The van der Waals surface area contributed by atoms with Crippen molar-refractivity contribution < 1.29 is 14.3 Å². The topological polar surface area (TPSA) is 84.7 Å². The van der Waals surface area contributed by atoms with Gasteiger partial charge in [0.2, 0.25) is 11.8 Å². The summed E-state index contributed by atoms with van der Waals surface area (Å²) < 4.78 is 5.34. The molecule has 0 spiro atoms. The number of nitrogens with zero attached hydrogens (tertiary/aromatic N) is 1. The maximum atomic E-state index is 12.4. The van der Waals surface area contributed by atoms with E-state index in [-0.39, 0.29) is 24.5 Å². The summed E-state index contributed by atoms with van der Waals surface area (Å²) in [5.41, 5.74) is 5.08. The highest BCUT2D eigenvalue weighted by molar-refractivity contribution is 5.92. The molecule has 0 aromatic carbocycles. The number of nitrogens with two attached hydrogens (primary N) is 1. The molecule has 1 heterocycles. The molecule has 6 heteroatoms. The van der Waals surface area contributed by atoms with Crippen LogP contribution in [0.15, 0.2) is 0 Å². The average molecular weight is 269 g/mol. The molecule has 1 saturated heterocycles. The summed E-state index contributed by atoms with van der Waals surface area (Å²) in [7, 11) is 0. The second-order valence-electron chi connectivity index (χ2n) is 5.64. The van der Waals surface area contributed by atoms with E-state index in [1.165, 1.54) is 0 Å². The first-order valence-corrected chi connectivity index (χ1v) is 6.94. The van der Waals surface area contributed by atoms with E-state index in [4.69, 9.17) is 10.5 Å². The zero-order valence-corrected chi connectivity index (χ0v) is 11.6. The van der Waals surface area contributed by atoms with Gasteiger partial charge in [-0.1, -0.05) is 6.92 Å². The molecule has 2 rings (SSSR count). The van der Waals surface area contributed by atoms with Crippen LogP contribution in [0, 0.1) is 0 Å². The standard InChI is InChI=1S/C13H23N3O3/c1-3-13(2,14)12(18)16-6-7-19-8-10(16)11(17)15-9-4-5-9/h9-10H,3-8,14H2,1-2H3,(H,15,17). The number of carbonyl (C=O) groups is 2. The lowest BCUT2D eigenvalue weighted by Gasteiger charge is -2.38. The number of nitrogens with one attached hydrogen (secondary N) is 1. The summed E-state index contributed by atoms with van der Waals surface area (Å²) in [6.45, 7) is 4.72. The van der Waals surface area contributed by atoms with Gasteiger partial charge in [-0.25, -0.2) is 0 Å². The van der Waals surface area contributed by atoms with Crippen molar-refractivity contribution in [1.82, 2.24) is 10.2 Å². The van der Waals surface area contributed by atoms with Crippen molar-refractivity contribution in [2.75, 3.05) is 19.8 Å². The maximum absolute atomic E-state index is 12.4. The van der Waals surface area contributed by atoms with Gasteiger partial charge in [-0.05, 0) is 26.2 Å². The molecule has 1 saturated carbocycles. The Morgan fingerprint density at radius 1 is 1.47 bits per heavy atom. The molecule has 108 valence electrons. The fourth-order valence-corrected chi connectivity index (χ4v) is 2.07. The van der Waals surface area contributed by atoms with E-state index < -0.39 is 11.6 Å². The van der Waals surface area contributed by atoms with Crippen molar-refractivity contribution in [2.24, 2.45) is 5.73 Å². The van der Waals surface area contributed by atoms with Crippen molar-refractivity contribution in [2.45, 2.75) is 50.7 Å². The number of rotatable bonds is 4. The first kappa shape index (κ1) is 14.3. The Labute approximate surface area is 113 Å². The first-order chi connectivity index (χ1) is 8.95. The van der Waals surface area contributed by atoms with Gasteiger partial charge in [-0.15, -0.1) is 0 Å². The van der Waals surface area contributed by atoms with Gasteiger partial charge in [-0.2, -0.15) is 0 Å². The molecular formula is C13H23N3O3. The monoisotopic (exact) mass is 269 g/mol. The predicted molar refractivity (Wildman–Crippen MR) is 70.4 cm³/mol. The number of morpholine rings is 1. The average Bonchev–Trinajstić information content (AvgIpc) is 3.21. The second-order valence-corrected chi connectivity index (χ2v) is 5.64. The summed E-state index contributed by atoms with van der Waals surface area (Å²) in [5.74, 6) is -0.295. The van der Waals surface area contributed by atoms with Gasteiger partial charge in [0.05, 0.1) is 18.8 Å². The summed E-state index contributed by atoms with van der Waals surface area (Å²) in [6.07, 6.45) is 2.59. The highest BCUT2D eigenvalue weighted by Gasteiger charge is 2.40. The molecule has 2 fully saturated rings. The minimum atomic E-state index is -0.921. The largest absolute Gasteiger partial charge is 0.377 e. The molecule has 2 atom stereocenters. The van der Waals surface area contributed by atoms with E-state index in [0.717, 1.165) is 12.8 Å². The quantitative estimate of drug-likeness (QED) is 0.728. The molecule has 6 nitrogen and oxygen atoms in total. The van der Waals surface area contributed by atoms with E-state index >= 15 is 0 Å². The first-order valence-electron chi connectivity index (χ1n) is 6.94. The van der Waals surface area contributed by atoms with Crippen LogP contribution in [-0.2, 0) is 14.3 Å². The normalized spacial score (nSPS) is 26.7. The molecule has 3 N–H and O–H groups in total. The Kier molecular flexibility index (Phi) is 4.10. The third kappa shape index (κ3) is 3.25. The van der Waals surface area contributed by atoms with Gasteiger partial charge < -0.3 is 20.7 Å².